The van der Waals surface area contributed by atoms with E-state index in [1.807, 2.05) is 0 Å². The topological polar surface area (TPSA) is 74.6 Å². The van der Waals surface area contributed by atoms with Crippen molar-refractivity contribution < 1.29 is 19.8 Å². The molecule has 6 heteroatoms. The van der Waals surface area contributed by atoms with E-state index >= 15 is 0 Å². The summed E-state index contributed by atoms with van der Waals surface area (Å²) >= 11 is 9.07. The van der Waals surface area contributed by atoms with Crippen LogP contribution in [0.2, 0.25) is 5.02 Å². The van der Waals surface area contributed by atoms with E-state index in [4.69, 9.17) is 16.7 Å². The van der Waals surface area contributed by atoms with Gasteiger partial charge in [-0.05, 0) is 30.2 Å². The molecule has 17 heavy (non-hydrogen) atoms. The zero-order valence-corrected chi connectivity index (χ0v) is 11.2. The van der Waals surface area contributed by atoms with Gasteiger partial charge in [0, 0.05) is 5.02 Å². The third kappa shape index (κ3) is 3.28. The molecule has 92 valence electrons. The lowest BCUT2D eigenvalue weighted by Gasteiger charge is -2.12. The minimum Gasteiger partial charge on any atom is -0.479 e. The molecular weight excluding hydrogens is 311 g/mol. The van der Waals surface area contributed by atoms with E-state index in [0.29, 0.717) is 10.6 Å². The molecule has 0 bridgehead atoms. The Kier molecular flexibility index (Phi) is 4.68. The van der Waals surface area contributed by atoms with Crippen LogP contribution in [0, 0.1) is 0 Å². The maximum absolute atomic E-state index is 11.2. The normalized spacial score (nSPS) is 14.1. The van der Waals surface area contributed by atoms with Crippen LogP contribution in [-0.4, -0.2) is 22.0 Å². The number of carbonyl (C=O) groups excluding carboxylic acids is 1. The number of hydrogen-bond acceptors (Lipinski definition) is 3. The highest BCUT2D eigenvalue weighted by Gasteiger charge is 2.21. The molecule has 4 nitrogen and oxygen atoms in total. The number of halogens is 2. The fourth-order valence-corrected chi connectivity index (χ4v) is 2.03. The number of aliphatic hydroxyl groups is 1. The number of Topliss-reactive ketones (excluding diaryl/α,β-unsaturated/α-hetero) is 1. The fourth-order valence-electron chi connectivity index (χ4n) is 1.29. The van der Waals surface area contributed by atoms with E-state index in [0.717, 1.165) is 0 Å². The highest BCUT2D eigenvalue weighted by molar-refractivity contribution is 9.09. The van der Waals surface area contributed by atoms with Gasteiger partial charge in [-0.3, -0.25) is 4.79 Å². The van der Waals surface area contributed by atoms with Crippen LogP contribution < -0.4 is 0 Å². The van der Waals surface area contributed by atoms with E-state index < -0.39 is 16.9 Å². The van der Waals surface area contributed by atoms with Gasteiger partial charge < -0.3 is 10.2 Å². The van der Waals surface area contributed by atoms with E-state index in [1.54, 1.807) is 0 Å². The Morgan fingerprint density at radius 3 is 2.47 bits per heavy atom. The molecular formula is C11H10BrClO4. The predicted molar refractivity (Wildman–Crippen MR) is 66.4 cm³/mol. The minimum atomic E-state index is -1.63. The lowest BCUT2D eigenvalue weighted by atomic mass is 10.0. The highest BCUT2D eigenvalue weighted by Crippen LogP contribution is 2.32. The lowest BCUT2D eigenvalue weighted by molar-refractivity contribution is -0.146. The molecule has 0 amide bonds. The second kappa shape index (κ2) is 5.62. The van der Waals surface area contributed by atoms with E-state index in [-0.39, 0.29) is 11.3 Å². The minimum absolute atomic E-state index is 0.158. The summed E-state index contributed by atoms with van der Waals surface area (Å²) in [4.78, 5) is 21.3. The lowest BCUT2D eigenvalue weighted by Crippen LogP contribution is -2.11. The van der Waals surface area contributed by atoms with Crippen molar-refractivity contribution in [3.63, 3.8) is 0 Å². The quantitative estimate of drug-likeness (QED) is 0.836. The van der Waals surface area contributed by atoms with Crippen molar-refractivity contribution in [3.8, 4) is 0 Å². The zero-order chi connectivity index (χ0) is 13.2. The average Bonchev–Trinajstić information content (AvgIpc) is 2.27. The molecule has 1 rings (SSSR count). The standard InChI is InChI=1S/C11H10BrClO4/c1-5(14)9(12)7-4-6(2-3-8(7)13)10(15)11(16)17/h2-4,9-10,15H,1H3,(H,16,17). The zero-order valence-electron chi connectivity index (χ0n) is 8.85. The molecule has 1 aromatic rings. The number of rotatable bonds is 4. The predicted octanol–water partition coefficient (Wildman–Crippen LogP) is 2.48. The van der Waals surface area contributed by atoms with Crippen LogP contribution >= 0.6 is 27.5 Å². The number of hydrogen-bond donors (Lipinski definition) is 2. The maximum Gasteiger partial charge on any atom is 0.337 e. The van der Waals surface area contributed by atoms with Gasteiger partial charge in [-0.2, -0.15) is 0 Å². The summed E-state index contributed by atoms with van der Waals surface area (Å²) in [6.07, 6.45) is -1.63. The van der Waals surface area contributed by atoms with Gasteiger partial charge in [0.25, 0.3) is 0 Å². The van der Waals surface area contributed by atoms with Gasteiger partial charge in [-0.25, -0.2) is 4.79 Å². The summed E-state index contributed by atoms with van der Waals surface area (Å²) in [6.45, 7) is 1.38. The Morgan fingerprint density at radius 1 is 1.41 bits per heavy atom. The van der Waals surface area contributed by atoms with Crippen LogP contribution in [0.3, 0.4) is 0 Å². The summed E-state index contributed by atoms with van der Waals surface area (Å²) in [5.74, 6) is -1.51. The van der Waals surface area contributed by atoms with Crippen LogP contribution in [0.5, 0.6) is 0 Å². The summed E-state index contributed by atoms with van der Waals surface area (Å²) in [6, 6.07) is 4.27. The van der Waals surface area contributed by atoms with Crippen LogP contribution in [0.15, 0.2) is 18.2 Å². The van der Waals surface area contributed by atoms with Crippen molar-refractivity contribution in [1.29, 1.82) is 0 Å². The summed E-state index contributed by atoms with van der Waals surface area (Å²) < 4.78 is 0. The second-order valence-electron chi connectivity index (χ2n) is 3.49. The van der Waals surface area contributed by atoms with Gasteiger partial charge in [-0.1, -0.05) is 33.6 Å². The molecule has 0 aliphatic heterocycles. The molecule has 0 aliphatic rings. The number of carboxylic acid groups (broad SMARTS) is 1. The highest BCUT2D eigenvalue weighted by atomic mass is 79.9. The monoisotopic (exact) mass is 320 g/mol. The largest absolute Gasteiger partial charge is 0.479 e. The Bertz CT molecular complexity index is 461. The third-order valence-electron chi connectivity index (χ3n) is 2.20. The first kappa shape index (κ1) is 14.2. The van der Waals surface area contributed by atoms with Crippen LogP contribution in [0.4, 0.5) is 0 Å². The van der Waals surface area contributed by atoms with Crippen molar-refractivity contribution >= 4 is 39.3 Å². The molecule has 1 aromatic carbocycles. The fraction of sp³-hybridized carbons (Fsp3) is 0.273. The molecule has 0 spiro atoms. The van der Waals surface area contributed by atoms with Gasteiger partial charge >= 0.3 is 5.97 Å². The molecule has 2 N–H and O–H groups in total. The number of aliphatic hydroxyl groups excluding tert-OH is 1. The van der Waals surface area contributed by atoms with Crippen LogP contribution in [-0.2, 0) is 9.59 Å². The number of benzene rings is 1. The first-order valence-electron chi connectivity index (χ1n) is 4.69. The number of aliphatic carboxylic acids is 1. The van der Waals surface area contributed by atoms with Crippen LogP contribution in [0.25, 0.3) is 0 Å². The van der Waals surface area contributed by atoms with Crippen molar-refractivity contribution in [2.75, 3.05) is 0 Å². The van der Waals surface area contributed by atoms with Crippen molar-refractivity contribution in [3.05, 3.63) is 34.3 Å². The molecule has 0 aromatic heterocycles. The van der Waals surface area contributed by atoms with Crippen LogP contribution in [0.1, 0.15) is 29.0 Å². The summed E-state index contributed by atoms with van der Waals surface area (Å²) in [5, 5.41) is 18.4. The van der Waals surface area contributed by atoms with Gasteiger partial charge in [0.05, 0.1) is 4.83 Å². The van der Waals surface area contributed by atoms with Gasteiger partial charge in [0.15, 0.2) is 6.10 Å². The maximum atomic E-state index is 11.2. The first-order valence-corrected chi connectivity index (χ1v) is 5.98. The molecule has 0 saturated carbocycles. The SMILES string of the molecule is CC(=O)C(Br)c1cc(C(O)C(=O)O)ccc1Cl. The van der Waals surface area contributed by atoms with Crippen molar-refractivity contribution in [2.45, 2.75) is 17.9 Å². The number of carbonyl (C=O) groups is 2. The summed E-state index contributed by atoms with van der Waals surface area (Å²) in [5.41, 5.74) is 0.625. The molecule has 2 unspecified atom stereocenters. The average molecular weight is 322 g/mol. The number of carboxylic acids is 1. The van der Waals surface area contributed by atoms with E-state index in [2.05, 4.69) is 15.9 Å². The number of alkyl halides is 1. The van der Waals surface area contributed by atoms with Gasteiger partial charge in [0.1, 0.15) is 5.78 Å². The molecule has 0 aliphatic carbocycles. The second-order valence-corrected chi connectivity index (χ2v) is 4.82. The van der Waals surface area contributed by atoms with Crippen molar-refractivity contribution in [2.24, 2.45) is 0 Å². The van der Waals surface area contributed by atoms with E-state index in [1.165, 1.54) is 25.1 Å². The Balaban J connectivity index is 3.19. The summed E-state index contributed by atoms with van der Waals surface area (Å²) in [7, 11) is 0. The van der Waals surface area contributed by atoms with Gasteiger partial charge in [0.2, 0.25) is 0 Å². The van der Waals surface area contributed by atoms with E-state index in [9.17, 15) is 14.7 Å². The molecule has 0 fully saturated rings. The first-order chi connectivity index (χ1) is 7.84. The van der Waals surface area contributed by atoms with Crippen molar-refractivity contribution in [1.82, 2.24) is 0 Å². The third-order valence-corrected chi connectivity index (χ3v) is 3.68. The number of ketones is 1. The smallest absolute Gasteiger partial charge is 0.337 e. The molecule has 0 heterocycles. The van der Waals surface area contributed by atoms with Gasteiger partial charge in [-0.15, -0.1) is 0 Å². The Morgan fingerprint density at radius 2 is 2.00 bits per heavy atom. The molecule has 2 atom stereocenters. The Labute approximate surface area is 111 Å². The molecule has 0 saturated heterocycles. The molecule has 0 radical (unpaired) electrons. The Hall–Kier alpha value is -0.910.